The van der Waals surface area contributed by atoms with Crippen molar-refractivity contribution in [2.75, 3.05) is 83.3 Å². The van der Waals surface area contributed by atoms with Crippen molar-refractivity contribution >= 4 is 46.6 Å². The molecule has 2 aromatic rings. The van der Waals surface area contributed by atoms with E-state index in [1.54, 1.807) is 23.1 Å². The molecule has 0 unspecified atom stereocenters. The Kier molecular flexibility index (Phi) is 10.9. The minimum absolute atomic E-state index is 0.0166. The summed E-state index contributed by atoms with van der Waals surface area (Å²) in [5.41, 5.74) is 10.7. The van der Waals surface area contributed by atoms with Gasteiger partial charge in [0.05, 0.1) is 25.7 Å². The van der Waals surface area contributed by atoms with E-state index < -0.39 is 6.09 Å². The monoisotopic (exact) mass is 644 g/mol. The molecule has 47 heavy (non-hydrogen) atoms. The predicted octanol–water partition coefficient (Wildman–Crippen LogP) is 2.60. The van der Waals surface area contributed by atoms with Gasteiger partial charge in [-0.25, -0.2) is 4.79 Å². The number of benzene rings is 2. The van der Waals surface area contributed by atoms with Gasteiger partial charge in [-0.1, -0.05) is 18.2 Å². The molecule has 5 N–H and O–H groups in total. The van der Waals surface area contributed by atoms with E-state index in [0.717, 1.165) is 16.8 Å². The lowest BCUT2D eigenvalue weighted by Gasteiger charge is -2.30. The summed E-state index contributed by atoms with van der Waals surface area (Å²) in [5, 5.41) is 19.0. The average molecular weight is 645 g/mol. The van der Waals surface area contributed by atoms with Crippen LogP contribution in [0.4, 0.5) is 16.2 Å². The molecule has 2 saturated heterocycles. The standard InChI is InChI=1S/C34H44N8O5/c1-3-42(27-8-9-29(35)28(20-27)31(36)41-16-18-46-19-17-41)33(44)26-10-13-39(21-26)22-30(43)40-14-11-24(12-15-40)23-4-6-25(7-5-23)32(37)47-34(45)38-2/h4-9,11,20,26,36-37H,3,10,12-19,21-22,35H2,1-2H3,(H,38,45)/t26-/m1/s1. The van der Waals surface area contributed by atoms with Crippen LogP contribution in [0.2, 0.25) is 0 Å². The highest BCUT2D eigenvalue weighted by Gasteiger charge is 2.33. The first kappa shape index (κ1) is 33.6. The summed E-state index contributed by atoms with van der Waals surface area (Å²) in [4.78, 5) is 45.9. The van der Waals surface area contributed by atoms with Gasteiger partial charge in [0.25, 0.3) is 0 Å². The molecule has 13 nitrogen and oxygen atoms in total. The first-order valence-electron chi connectivity index (χ1n) is 16.1. The van der Waals surface area contributed by atoms with Gasteiger partial charge in [-0.05, 0) is 67.8 Å². The van der Waals surface area contributed by atoms with Gasteiger partial charge in [0.15, 0.2) is 0 Å². The van der Waals surface area contributed by atoms with E-state index in [1.165, 1.54) is 7.05 Å². The van der Waals surface area contributed by atoms with Crippen molar-refractivity contribution < 1.29 is 23.9 Å². The molecule has 250 valence electrons. The van der Waals surface area contributed by atoms with Gasteiger partial charge in [-0.15, -0.1) is 0 Å². The number of carbonyl (C=O) groups is 3. The molecular weight excluding hydrogens is 600 g/mol. The third kappa shape index (κ3) is 7.98. The molecule has 5 rings (SSSR count). The Morgan fingerprint density at radius 1 is 1.04 bits per heavy atom. The van der Waals surface area contributed by atoms with Crippen molar-refractivity contribution in [3.8, 4) is 0 Å². The van der Waals surface area contributed by atoms with E-state index in [9.17, 15) is 14.4 Å². The molecule has 1 atom stereocenters. The first-order valence-corrected chi connectivity index (χ1v) is 16.1. The zero-order valence-electron chi connectivity index (χ0n) is 27.1. The SMILES string of the molecule is CCN(C(=O)[C@@H]1CCN(CC(=O)N2CC=C(c3ccc(C(=N)OC(=O)NC)cc3)CC2)C1)c1ccc(N)c(C(=N)N2CCOCC2)c1. The number of anilines is 2. The van der Waals surface area contributed by atoms with Crippen LogP contribution in [0.15, 0.2) is 48.5 Å². The van der Waals surface area contributed by atoms with Crippen LogP contribution in [0.5, 0.6) is 0 Å². The molecule has 3 heterocycles. The smallest absolute Gasteiger partial charge is 0.398 e. The Bertz CT molecular complexity index is 1540. The number of rotatable bonds is 8. The maximum atomic E-state index is 13.7. The number of nitrogen functional groups attached to an aromatic ring is 1. The number of hydrogen-bond donors (Lipinski definition) is 4. The predicted molar refractivity (Wildman–Crippen MR) is 181 cm³/mol. The number of nitrogens with one attached hydrogen (secondary N) is 3. The topological polar surface area (TPSA) is 168 Å². The van der Waals surface area contributed by atoms with Gasteiger partial charge in [0.1, 0.15) is 5.84 Å². The lowest BCUT2D eigenvalue weighted by molar-refractivity contribution is -0.132. The van der Waals surface area contributed by atoms with E-state index in [0.29, 0.717) is 94.5 Å². The van der Waals surface area contributed by atoms with E-state index in [2.05, 4.69) is 16.3 Å². The van der Waals surface area contributed by atoms with Gasteiger partial charge >= 0.3 is 6.09 Å². The zero-order valence-corrected chi connectivity index (χ0v) is 27.1. The minimum atomic E-state index is -0.687. The van der Waals surface area contributed by atoms with Crippen LogP contribution in [0.3, 0.4) is 0 Å². The number of likely N-dealkylation sites (tertiary alicyclic amines) is 1. The number of morpholine rings is 1. The van der Waals surface area contributed by atoms with Gasteiger partial charge < -0.3 is 35.2 Å². The highest BCUT2D eigenvalue weighted by atomic mass is 16.6. The molecule has 0 aromatic heterocycles. The molecule has 0 bridgehead atoms. The van der Waals surface area contributed by atoms with Crippen LogP contribution in [0.1, 0.15) is 36.5 Å². The molecule has 2 aromatic carbocycles. The summed E-state index contributed by atoms with van der Waals surface area (Å²) in [6.07, 6.45) is 2.75. The summed E-state index contributed by atoms with van der Waals surface area (Å²) in [7, 11) is 1.44. The summed E-state index contributed by atoms with van der Waals surface area (Å²) in [6.45, 7) is 7.39. The molecule has 0 spiro atoms. The van der Waals surface area contributed by atoms with Gasteiger partial charge in [0, 0.05) is 68.8 Å². The second kappa shape index (κ2) is 15.2. The van der Waals surface area contributed by atoms with Crippen molar-refractivity contribution in [2.45, 2.75) is 19.8 Å². The van der Waals surface area contributed by atoms with Crippen molar-refractivity contribution in [3.63, 3.8) is 0 Å². The maximum absolute atomic E-state index is 13.7. The van der Waals surface area contributed by atoms with Crippen LogP contribution in [0, 0.1) is 16.7 Å². The number of amidine groups is 1. The van der Waals surface area contributed by atoms with E-state index in [1.807, 2.05) is 41.0 Å². The molecular formula is C34H44N8O5. The summed E-state index contributed by atoms with van der Waals surface area (Å²) in [6, 6.07) is 12.7. The third-order valence-electron chi connectivity index (χ3n) is 8.97. The van der Waals surface area contributed by atoms with Crippen LogP contribution < -0.4 is 16.0 Å². The Morgan fingerprint density at radius 3 is 2.45 bits per heavy atom. The maximum Gasteiger partial charge on any atom is 0.413 e. The lowest BCUT2D eigenvalue weighted by Crippen LogP contribution is -2.42. The van der Waals surface area contributed by atoms with Gasteiger partial charge in [0.2, 0.25) is 17.7 Å². The average Bonchev–Trinajstić information content (AvgIpc) is 3.57. The lowest BCUT2D eigenvalue weighted by atomic mass is 9.98. The highest BCUT2D eigenvalue weighted by molar-refractivity contribution is 6.04. The Balaban J connectivity index is 1.14. The fourth-order valence-electron chi connectivity index (χ4n) is 6.23. The van der Waals surface area contributed by atoms with Crippen molar-refractivity contribution in [1.82, 2.24) is 20.0 Å². The van der Waals surface area contributed by atoms with Crippen LogP contribution in [0.25, 0.3) is 5.57 Å². The number of ether oxygens (including phenoxy) is 2. The summed E-state index contributed by atoms with van der Waals surface area (Å²) >= 11 is 0. The summed E-state index contributed by atoms with van der Waals surface area (Å²) in [5.74, 6) is -0.0470. The molecule has 13 heteroatoms. The highest BCUT2D eigenvalue weighted by Crippen LogP contribution is 2.28. The number of amides is 3. The first-order chi connectivity index (χ1) is 22.7. The quantitative estimate of drug-likeness (QED) is 0.193. The largest absolute Gasteiger partial charge is 0.413 e. The molecule has 0 radical (unpaired) electrons. The van der Waals surface area contributed by atoms with Crippen LogP contribution in [-0.4, -0.2) is 117 Å². The molecule has 3 aliphatic heterocycles. The second-order valence-electron chi connectivity index (χ2n) is 11.9. The second-order valence-corrected chi connectivity index (χ2v) is 11.9. The van der Waals surface area contributed by atoms with Crippen LogP contribution in [-0.2, 0) is 19.1 Å². The molecule has 0 aliphatic carbocycles. The Hall–Kier alpha value is -4.75. The van der Waals surface area contributed by atoms with Gasteiger partial charge in [-0.3, -0.25) is 25.3 Å². The Labute approximate surface area is 275 Å². The molecule has 3 amide bonds. The van der Waals surface area contributed by atoms with E-state index >= 15 is 0 Å². The molecule has 2 fully saturated rings. The number of nitrogens with two attached hydrogens (primary N) is 1. The molecule has 0 saturated carbocycles. The number of hydrogen-bond acceptors (Lipinski definition) is 9. The zero-order chi connectivity index (χ0) is 33.5. The number of nitrogens with zero attached hydrogens (tertiary/aromatic N) is 4. The minimum Gasteiger partial charge on any atom is -0.398 e. The molecule has 3 aliphatic rings. The van der Waals surface area contributed by atoms with Gasteiger partial charge in [-0.2, -0.15) is 0 Å². The third-order valence-corrected chi connectivity index (χ3v) is 8.97. The number of alkyl carbamates (subject to hydrolysis) is 1. The fourth-order valence-corrected chi connectivity index (χ4v) is 6.23. The Morgan fingerprint density at radius 2 is 1.79 bits per heavy atom. The van der Waals surface area contributed by atoms with Crippen molar-refractivity contribution in [2.24, 2.45) is 5.92 Å². The summed E-state index contributed by atoms with van der Waals surface area (Å²) < 4.78 is 10.3. The van der Waals surface area contributed by atoms with E-state index in [-0.39, 0.29) is 30.2 Å². The normalized spacial score (nSPS) is 18.3. The fraction of sp³-hybridized carbons (Fsp3) is 0.441. The van der Waals surface area contributed by atoms with Crippen molar-refractivity contribution in [1.29, 1.82) is 10.8 Å². The van der Waals surface area contributed by atoms with Crippen molar-refractivity contribution in [3.05, 3.63) is 65.2 Å². The van der Waals surface area contributed by atoms with Crippen LogP contribution >= 0.6 is 0 Å². The number of carbonyl (C=O) groups excluding carboxylic acids is 3. The van der Waals surface area contributed by atoms with E-state index in [4.69, 9.17) is 26.0 Å².